The average molecular weight is 1910 g/mol. The molecular formula is C103H70N4O14S10. The van der Waals surface area contributed by atoms with Crippen LogP contribution in [-0.4, -0.2) is 86.4 Å². The second kappa shape index (κ2) is 39.6. The average Bonchev–Trinajstić information content (AvgIpc) is 1.64. The van der Waals surface area contributed by atoms with E-state index in [-0.39, 0.29) is 59.7 Å². The molecule has 5 aromatic heterocycles. The van der Waals surface area contributed by atoms with Gasteiger partial charge in [0.05, 0.1) is 139 Å². The third kappa shape index (κ3) is 21.2. The number of rotatable bonds is 7. The molecule has 0 bridgehead atoms. The number of allylic oxidation sites excluding steroid dienone is 7. The van der Waals surface area contributed by atoms with Gasteiger partial charge in [-0.05, 0) is 208 Å². The van der Waals surface area contributed by atoms with Gasteiger partial charge in [-0.3, -0.25) is 49.8 Å². The lowest BCUT2D eigenvalue weighted by Gasteiger charge is -2.00. The molecule has 0 saturated carbocycles. The number of carbonyl (C=O) groups excluding carboxylic acids is 7. The van der Waals surface area contributed by atoms with Crippen LogP contribution in [0.25, 0.3) is 130 Å². The monoisotopic (exact) mass is 1910 g/mol. The van der Waals surface area contributed by atoms with Gasteiger partial charge < -0.3 is 36.9 Å². The molecule has 7 saturated heterocycles. The van der Waals surface area contributed by atoms with Crippen LogP contribution >= 0.6 is 119 Å². The number of thiocarbonyl (C=S) groups is 4. The van der Waals surface area contributed by atoms with E-state index in [1.54, 1.807) is 12.5 Å². The van der Waals surface area contributed by atoms with E-state index in [9.17, 15) is 33.6 Å². The van der Waals surface area contributed by atoms with E-state index >= 15 is 0 Å². The Kier molecular flexibility index (Phi) is 26.9. The Morgan fingerprint density at radius 3 is 0.908 bits per heavy atom. The molecule has 28 heteroatoms. The number of para-hydroxylation sites is 3. The van der Waals surface area contributed by atoms with Gasteiger partial charge in [-0.1, -0.05) is 217 Å². The molecule has 0 aliphatic carbocycles. The highest BCUT2D eigenvalue weighted by Crippen LogP contribution is 2.41. The Morgan fingerprint density at radius 1 is 0.290 bits per heavy atom. The van der Waals surface area contributed by atoms with Crippen molar-refractivity contribution in [3.05, 3.63) is 310 Å². The Bertz CT molecular complexity index is 7120. The van der Waals surface area contributed by atoms with Gasteiger partial charge in [0.1, 0.15) is 56.2 Å². The van der Waals surface area contributed by atoms with E-state index < -0.39 is 0 Å². The van der Waals surface area contributed by atoms with Crippen molar-refractivity contribution in [3.63, 3.8) is 0 Å². The van der Waals surface area contributed by atoms with Gasteiger partial charge in [-0.25, -0.2) is 0 Å². The molecule has 24 rings (SSSR count). The molecule has 9 aliphatic heterocycles. The number of nitrogens with one attached hydrogen (secondary N) is 4. The maximum atomic E-state index is 11.8. The molecule has 4 N–H and O–H groups in total. The lowest BCUT2D eigenvalue weighted by molar-refractivity contribution is -0.114. The van der Waals surface area contributed by atoms with Crippen molar-refractivity contribution in [1.82, 2.24) is 5.32 Å². The number of thioether (sulfide) groups is 6. The second-order valence-electron chi connectivity index (χ2n) is 30.8. The molecule has 0 radical (unpaired) electrons. The first-order chi connectivity index (χ1) is 63.5. The zero-order chi connectivity index (χ0) is 90.5. The first kappa shape index (κ1) is 89.0. The predicted octanol–water partition coefficient (Wildman–Crippen LogP) is 26.3. The summed E-state index contributed by atoms with van der Waals surface area (Å²) in [5.41, 5.74) is 16.8. The number of hydrogen-bond acceptors (Lipinski definition) is 27. The molecular weight excluding hydrogens is 1840 g/mol. The normalized spacial score (nSPS) is 18.5. The fraction of sp³-hybridized carbons (Fsp3) is 0.107. The summed E-state index contributed by atoms with van der Waals surface area (Å²) in [5.74, 6) is 2.44. The van der Waals surface area contributed by atoms with Gasteiger partial charge in [0, 0.05) is 55.9 Å². The fourth-order valence-electron chi connectivity index (χ4n) is 15.3. The number of carbonyl (C=O) groups is 7. The van der Waals surface area contributed by atoms with Crippen LogP contribution in [-0.2, 0) is 46.4 Å². The number of ether oxygens (including phenoxy) is 2. The van der Waals surface area contributed by atoms with E-state index in [1.165, 1.54) is 81.7 Å². The highest BCUT2D eigenvalue weighted by atomic mass is 32.2. The third-order valence-corrected chi connectivity index (χ3v) is 28.6. The highest BCUT2D eigenvalue weighted by molar-refractivity contribution is 8.28. The van der Waals surface area contributed by atoms with Gasteiger partial charge in [0.15, 0.2) is 40.5 Å². The summed E-state index contributed by atoms with van der Waals surface area (Å²) in [6.07, 6.45) is 20.5. The van der Waals surface area contributed by atoms with Crippen LogP contribution in [0.3, 0.4) is 0 Å². The second-order valence-corrected chi connectivity index (χ2v) is 40.4. The minimum atomic E-state index is 0.0298. The highest BCUT2D eigenvalue weighted by Gasteiger charge is 2.30. The fourth-order valence-corrected chi connectivity index (χ4v) is 21.8. The van der Waals surface area contributed by atoms with Crippen LogP contribution in [0.5, 0.6) is 11.5 Å². The predicted molar refractivity (Wildman–Crippen MR) is 550 cm³/mol. The van der Waals surface area contributed by atoms with E-state index in [4.69, 9.17) is 96.7 Å². The van der Waals surface area contributed by atoms with Crippen LogP contribution in [0.1, 0.15) is 95.0 Å². The first-order valence-corrected chi connectivity index (χ1v) is 47.7. The molecule has 7 fully saturated rings. The lowest BCUT2D eigenvalue weighted by atomic mass is 10.1. The van der Waals surface area contributed by atoms with E-state index in [1.807, 2.05) is 237 Å². The van der Waals surface area contributed by atoms with Crippen LogP contribution in [0.2, 0.25) is 0 Å². The van der Waals surface area contributed by atoms with Gasteiger partial charge in [-0.2, -0.15) is 0 Å². The molecule has 9 aliphatic rings. The van der Waals surface area contributed by atoms with Crippen molar-refractivity contribution < 1.29 is 65.1 Å². The largest absolute Gasteiger partial charge is 0.493 e. The Balaban J connectivity index is 0.000000103. The van der Waals surface area contributed by atoms with Crippen LogP contribution < -0.4 is 14.8 Å². The van der Waals surface area contributed by atoms with Crippen molar-refractivity contribution in [3.8, 4) is 11.5 Å². The molecule has 15 aromatic rings. The van der Waals surface area contributed by atoms with Gasteiger partial charge in [0.25, 0.3) is 0 Å². The summed E-state index contributed by atoms with van der Waals surface area (Å²) in [6, 6.07) is 69.0. The summed E-state index contributed by atoms with van der Waals surface area (Å²) in [7, 11) is 0. The Hall–Kier alpha value is -12.6. The van der Waals surface area contributed by atoms with E-state index in [0.29, 0.717) is 66.2 Å². The molecule has 0 amide bonds. The Morgan fingerprint density at radius 2 is 0.588 bits per heavy atom. The van der Waals surface area contributed by atoms with Crippen LogP contribution in [0.15, 0.2) is 282 Å². The number of ketones is 7. The molecule has 18 nitrogen and oxygen atoms in total. The molecule has 131 heavy (non-hydrogen) atoms. The summed E-state index contributed by atoms with van der Waals surface area (Å²) in [5, 5.41) is 35.2. The third-order valence-electron chi connectivity index (χ3n) is 21.5. The van der Waals surface area contributed by atoms with Crippen LogP contribution in [0, 0.1) is 16.2 Å². The van der Waals surface area contributed by atoms with Gasteiger partial charge >= 0.3 is 0 Å². The maximum absolute atomic E-state index is 11.8. The summed E-state index contributed by atoms with van der Waals surface area (Å²) >= 11 is 28.2. The molecule has 0 atom stereocenters. The zero-order valence-electron chi connectivity index (χ0n) is 69.0. The summed E-state index contributed by atoms with van der Waals surface area (Å²) in [4.78, 5) is 86.5. The van der Waals surface area contributed by atoms with Crippen molar-refractivity contribution >= 4 is 323 Å². The Labute approximate surface area is 795 Å². The molecule has 10 aromatic carbocycles. The smallest absolute Gasteiger partial charge is 0.185 e. The van der Waals surface area contributed by atoms with E-state index in [2.05, 4.69) is 23.5 Å². The SMILES string of the molecule is N=C1CC(=O)/C(=C/c2ccc3c(c2)CCO3)S1.N=C1CC(=O)/C(=C/c2ccc3oc4ccccc4c3c2)S1.N=C1CC(=O)/C(=C/c2ccc3occc3c2)S1.O=C1CC(=S)N/C1=C\c1ccc2oc3ccccc3c2c1.O=C1CC(=S)S/C1=C\c1ccc2c(c1)CCO2.O=C1CC(=S)S/C1=C\c1ccc2oc3ccccc3c2c1.O=C1CC(=S)S/C1=C\c1ccc2occc2c1. The zero-order valence-corrected chi connectivity index (χ0v) is 77.1. The van der Waals surface area contributed by atoms with Crippen molar-refractivity contribution in [2.24, 2.45) is 0 Å². The lowest BCUT2D eigenvalue weighted by Crippen LogP contribution is -2.10. The van der Waals surface area contributed by atoms with E-state index in [0.717, 1.165) is 192 Å². The minimum absolute atomic E-state index is 0.0298. The number of furan rings is 5. The standard InChI is InChI=1S/2C17H11NO2S.C17H10O2S2.C13H11NO2S.C13H9NO2S.C13H10O2S2.C13H8O2S2/c18-17-9-13(19)16(21-17)8-10-5-6-15-12(7-10)11-3-1-2-4-14(11)20-15;19-14-9-17(21)18-13(14)8-10-5-6-16-12(7-10)11-3-1-2-4-15(11)20-16;18-13-9-17(20)21-16(13)8-10-5-6-15-12(7-10)11-3-1-2-4-14(11)19-15;2*14-13-7-10(15)12(17-13)6-8-1-2-11-9(5-8)3-4-16-11;2*14-10-7-13(16)17-12(10)6-8-1-2-11-9(5-8)3-4-15-11/h1-8,18H,9H2;1-8H,9H2,(H,18,21);1-8H,9H2;1-2,5-6,14H,3-4,7H2;1-6,14H,7H2;1-2,5-6H,3-4,7H2;1-6H,7H2/b16-8-,18-17?;13-8-;16-8-;2*12-6-,14-13?;2*12-6-. The molecule has 14 heterocycles. The van der Waals surface area contributed by atoms with Crippen molar-refractivity contribution in [2.75, 3.05) is 13.2 Å². The topological polar surface area (TPSA) is 287 Å². The van der Waals surface area contributed by atoms with Crippen LogP contribution in [0.4, 0.5) is 0 Å². The quantitative estimate of drug-likeness (QED) is 0.0852. The van der Waals surface area contributed by atoms with Gasteiger partial charge in [0.2, 0.25) is 0 Å². The molecule has 0 unspecified atom stereocenters. The number of fused-ring (bicyclic) bond motifs is 13. The summed E-state index contributed by atoms with van der Waals surface area (Å²) < 4.78 is 41.1. The molecule has 0 spiro atoms. The first-order valence-electron chi connectivity index (χ1n) is 41.1. The molecule has 646 valence electrons. The number of Topliss-reactive ketones (excluding diaryl/α,β-unsaturated/α-hetero) is 7. The maximum Gasteiger partial charge on any atom is 0.185 e. The number of benzene rings is 10. The van der Waals surface area contributed by atoms with Crippen molar-refractivity contribution in [1.29, 1.82) is 16.2 Å². The van der Waals surface area contributed by atoms with Gasteiger partial charge in [-0.15, -0.1) is 0 Å². The van der Waals surface area contributed by atoms with Crippen molar-refractivity contribution in [2.45, 2.75) is 57.8 Å². The summed E-state index contributed by atoms with van der Waals surface area (Å²) in [6.45, 7) is 1.50. The number of hydrogen-bond donors (Lipinski definition) is 4. The minimum Gasteiger partial charge on any atom is -0.493 e.